The number of halogens is 1. The van der Waals surface area contributed by atoms with Gasteiger partial charge >= 0.3 is 0 Å². The van der Waals surface area contributed by atoms with Crippen molar-refractivity contribution >= 4 is 17.5 Å². The molecule has 0 radical (unpaired) electrons. The molecule has 1 aromatic carbocycles. The fourth-order valence-corrected chi connectivity index (χ4v) is 1.73. The lowest BCUT2D eigenvalue weighted by Gasteiger charge is -2.14. The standard InChI is InChI=1S/C14H21ClN2O2/c1-4-16-14(18)9-19-13-6-5-12(15)7-11(13)8-17-10(2)3/h5-7,10,17H,4,8-9H2,1-3H3,(H,16,18). The van der Waals surface area contributed by atoms with E-state index >= 15 is 0 Å². The highest BCUT2D eigenvalue weighted by atomic mass is 35.5. The van der Waals surface area contributed by atoms with Crippen LogP contribution < -0.4 is 15.4 Å². The summed E-state index contributed by atoms with van der Waals surface area (Å²) < 4.78 is 5.53. The molecule has 0 spiro atoms. The molecule has 0 aliphatic heterocycles. The van der Waals surface area contributed by atoms with E-state index in [2.05, 4.69) is 24.5 Å². The van der Waals surface area contributed by atoms with Crippen molar-refractivity contribution in [1.29, 1.82) is 0 Å². The second-order valence-electron chi connectivity index (χ2n) is 4.53. The van der Waals surface area contributed by atoms with E-state index in [-0.39, 0.29) is 12.5 Å². The molecule has 4 nitrogen and oxygen atoms in total. The number of carbonyl (C=O) groups is 1. The molecule has 1 aromatic rings. The Morgan fingerprint density at radius 2 is 2.16 bits per heavy atom. The van der Waals surface area contributed by atoms with Crippen molar-refractivity contribution in [3.05, 3.63) is 28.8 Å². The number of nitrogens with one attached hydrogen (secondary N) is 2. The van der Waals surface area contributed by atoms with Gasteiger partial charge < -0.3 is 15.4 Å². The van der Waals surface area contributed by atoms with E-state index in [1.807, 2.05) is 13.0 Å². The van der Waals surface area contributed by atoms with Crippen molar-refractivity contribution in [1.82, 2.24) is 10.6 Å². The van der Waals surface area contributed by atoms with Gasteiger partial charge in [-0.15, -0.1) is 0 Å². The Morgan fingerprint density at radius 3 is 2.79 bits per heavy atom. The topological polar surface area (TPSA) is 50.4 Å². The van der Waals surface area contributed by atoms with Crippen LogP contribution >= 0.6 is 11.6 Å². The largest absolute Gasteiger partial charge is 0.483 e. The molecule has 2 N–H and O–H groups in total. The van der Waals surface area contributed by atoms with E-state index in [9.17, 15) is 4.79 Å². The maximum Gasteiger partial charge on any atom is 0.257 e. The van der Waals surface area contributed by atoms with Gasteiger partial charge in [0.25, 0.3) is 5.91 Å². The number of hydrogen-bond acceptors (Lipinski definition) is 3. The van der Waals surface area contributed by atoms with Crippen LogP contribution in [0.3, 0.4) is 0 Å². The number of ether oxygens (including phenoxy) is 1. The number of benzene rings is 1. The van der Waals surface area contributed by atoms with Crippen LogP contribution in [0.5, 0.6) is 5.75 Å². The van der Waals surface area contributed by atoms with E-state index in [1.54, 1.807) is 12.1 Å². The Bertz CT molecular complexity index is 422. The third kappa shape index (κ3) is 5.94. The summed E-state index contributed by atoms with van der Waals surface area (Å²) in [5.41, 5.74) is 0.950. The smallest absolute Gasteiger partial charge is 0.257 e. The molecule has 0 aromatic heterocycles. The molecule has 0 saturated carbocycles. The molecule has 19 heavy (non-hydrogen) atoms. The van der Waals surface area contributed by atoms with Crippen molar-refractivity contribution in [2.24, 2.45) is 0 Å². The fourth-order valence-electron chi connectivity index (χ4n) is 1.53. The third-order valence-corrected chi connectivity index (χ3v) is 2.69. The summed E-state index contributed by atoms with van der Waals surface area (Å²) in [6.07, 6.45) is 0. The van der Waals surface area contributed by atoms with E-state index < -0.39 is 0 Å². The molecular formula is C14H21ClN2O2. The SMILES string of the molecule is CCNC(=O)COc1ccc(Cl)cc1CNC(C)C. The maximum atomic E-state index is 11.4. The molecule has 0 fully saturated rings. The Labute approximate surface area is 119 Å². The van der Waals surface area contributed by atoms with Gasteiger partial charge in [0.2, 0.25) is 0 Å². The van der Waals surface area contributed by atoms with E-state index in [1.165, 1.54) is 0 Å². The highest BCUT2D eigenvalue weighted by Gasteiger charge is 2.08. The van der Waals surface area contributed by atoms with Crippen LogP contribution in [-0.2, 0) is 11.3 Å². The summed E-state index contributed by atoms with van der Waals surface area (Å²) in [6, 6.07) is 5.77. The summed E-state index contributed by atoms with van der Waals surface area (Å²) >= 11 is 5.98. The fraction of sp³-hybridized carbons (Fsp3) is 0.500. The molecule has 0 saturated heterocycles. The minimum Gasteiger partial charge on any atom is -0.483 e. The van der Waals surface area contributed by atoms with Gasteiger partial charge in [-0.25, -0.2) is 0 Å². The highest BCUT2D eigenvalue weighted by Crippen LogP contribution is 2.23. The predicted molar refractivity (Wildman–Crippen MR) is 77.6 cm³/mol. The lowest BCUT2D eigenvalue weighted by atomic mass is 10.2. The summed E-state index contributed by atoms with van der Waals surface area (Å²) in [6.45, 7) is 7.29. The average molecular weight is 285 g/mol. The molecule has 0 unspecified atom stereocenters. The zero-order valence-electron chi connectivity index (χ0n) is 11.6. The van der Waals surface area contributed by atoms with Crippen LogP contribution in [0.4, 0.5) is 0 Å². The first-order chi connectivity index (χ1) is 9.02. The van der Waals surface area contributed by atoms with Gasteiger partial charge in [-0.3, -0.25) is 4.79 Å². The molecule has 106 valence electrons. The van der Waals surface area contributed by atoms with Gasteiger partial charge in [0.15, 0.2) is 6.61 Å². The van der Waals surface area contributed by atoms with Crippen molar-refractivity contribution in [2.75, 3.05) is 13.2 Å². The lowest BCUT2D eigenvalue weighted by molar-refractivity contribution is -0.122. The third-order valence-electron chi connectivity index (χ3n) is 2.46. The first-order valence-electron chi connectivity index (χ1n) is 6.44. The van der Waals surface area contributed by atoms with Crippen molar-refractivity contribution < 1.29 is 9.53 Å². The van der Waals surface area contributed by atoms with Crippen molar-refractivity contribution in [3.8, 4) is 5.75 Å². The Balaban J connectivity index is 2.67. The molecule has 0 heterocycles. The van der Waals surface area contributed by atoms with Gasteiger partial charge in [0.05, 0.1) is 0 Å². The van der Waals surface area contributed by atoms with E-state index in [4.69, 9.17) is 16.3 Å². The molecule has 1 rings (SSSR count). The van der Waals surface area contributed by atoms with Crippen molar-refractivity contribution in [2.45, 2.75) is 33.4 Å². The number of carbonyl (C=O) groups excluding carboxylic acids is 1. The number of rotatable bonds is 7. The first kappa shape index (κ1) is 15.8. The molecule has 0 aliphatic rings. The summed E-state index contributed by atoms with van der Waals surface area (Å²) in [4.78, 5) is 11.4. The van der Waals surface area contributed by atoms with Gasteiger partial charge in [-0.2, -0.15) is 0 Å². The van der Waals surface area contributed by atoms with Gasteiger partial charge in [0.1, 0.15) is 5.75 Å². The van der Waals surface area contributed by atoms with Crippen LogP contribution in [0.15, 0.2) is 18.2 Å². The highest BCUT2D eigenvalue weighted by molar-refractivity contribution is 6.30. The Morgan fingerprint density at radius 1 is 1.42 bits per heavy atom. The molecule has 0 aliphatic carbocycles. The summed E-state index contributed by atoms with van der Waals surface area (Å²) in [7, 11) is 0. The number of likely N-dealkylation sites (N-methyl/N-ethyl adjacent to an activating group) is 1. The van der Waals surface area contributed by atoms with Crippen LogP contribution in [0, 0.1) is 0 Å². The number of amides is 1. The summed E-state index contributed by atoms with van der Waals surface area (Å²) in [5.74, 6) is 0.559. The minimum atomic E-state index is -0.125. The Hall–Kier alpha value is -1.26. The van der Waals surface area contributed by atoms with Crippen LogP contribution in [0.25, 0.3) is 0 Å². The van der Waals surface area contributed by atoms with Gasteiger partial charge in [0, 0.05) is 29.7 Å². The van der Waals surface area contributed by atoms with Gasteiger partial charge in [-0.1, -0.05) is 25.4 Å². The molecule has 0 atom stereocenters. The zero-order chi connectivity index (χ0) is 14.3. The van der Waals surface area contributed by atoms with Crippen LogP contribution in [0.2, 0.25) is 5.02 Å². The maximum absolute atomic E-state index is 11.4. The van der Waals surface area contributed by atoms with E-state index in [0.29, 0.717) is 29.9 Å². The summed E-state index contributed by atoms with van der Waals surface area (Å²) in [5, 5.41) is 6.65. The average Bonchev–Trinajstić information content (AvgIpc) is 2.35. The number of hydrogen-bond donors (Lipinski definition) is 2. The lowest BCUT2D eigenvalue weighted by Crippen LogP contribution is -2.29. The predicted octanol–water partition coefficient (Wildman–Crippen LogP) is 2.35. The first-order valence-corrected chi connectivity index (χ1v) is 6.82. The normalized spacial score (nSPS) is 10.6. The van der Waals surface area contributed by atoms with Crippen molar-refractivity contribution in [3.63, 3.8) is 0 Å². The monoisotopic (exact) mass is 284 g/mol. The minimum absolute atomic E-state index is 0.0180. The Kier molecular flexibility index (Phi) is 6.67. The molecular weight excluding hydrogens is 264 g/mol. The quantitative estimate of drug-likeness (QED) is 0.808. The molecule has 5 heteroatoms. The van der Waals surface area contributed by atoms with Crippen LogP contribution in [-0.4, -0.2) is 25.1 Å². The second kappa shape index (κ2) is 8.02. The molecule has 1 amide bonds. The van der Waals surface area contributed by atoms with Crippen LogP contribution in [0.1, 0.15) is 26.3 Å². The molecule has 0 bridgehead atoms. The van der Waals surface area contributed by atoms with E-state index in [0.717, 1.165) is 5.56 Å². The zero-order valence-corrected chi connectivity index (χ0v) is 12.4. The second-order valence-corrected chi connectivity index (χ2v) is 4.97. The van der Waals surface area contributed by atoms with Gasteiger partial charge in [-0.05, 0) is 25.1 Å².